The number of aliphatic carboxylic acids is 1. The molecule has 1 atom stereocenters. The van der Waals surface area contributed by atoms with Gasteiger partial charge in [-0.2, -0.15) is 9.57 Å². The maximum absolute atomic E-state index is 13.7. The Labute approximate surface area is 203 Å². The van der Waals surface area contributed by atoms with Crippen molar-refractivity contribution in [2.75, 3.05) is 7.05 Å². The van der Waals surface area contributed by atoms with Crippen LogP contribution in [0.5, 0.6) is 5.75 Å². The monoisotopic (exact) mass is 528 g/mol. The van der Waals surface area contributed by atoms with Crippen molar-refractivity contribution in [1.82, 2.24) is 4.31 Å². The summed E-state index contributed by atoms with van der Waals surface area (Å²) in [6, 6.07) is 12.3. The van der Waals surface area contributed by atoms with Crippen LogP contribution in [0, 0.1) is 17.1 Å². The third-order valence-electron chi connectivity index (χ3n) is 4.45. The fraction of sp³-hybridized carbons (Fsp3) is 0.143. The normalized spacial score (nSPS) is 12.4. The number of sulfonamides is 1. The molecule has 1 unspecified atom stereocenters. The minimum atomic E-state index is -3.81. The topological polar surface area (TPSA) is 108 Å². The largest absolute Gasteiger partial charge is 0.478 e. The fourth-order valence-electron chi connectivity index (χ4n) is 2.85. The van der Waals surface area contributed by atoms with Crippen molar-refractivity contribution >= 4 is 50.5 Å². The van der Waals surface area contributed by atoms with Gasteiger partial charge >= 0.3 is 5.97 Å². The van der Waals surface area contributed by atoms with Crippen LogP contribution in [0.3, 0.4) is 0 Å². The van der Waals surface area contributed by atoms with Gasteiger partial charge < -0.3 is 9.84 Å². The van der Waals surface area contributed by atoms with Crippen LogP contribution >= 0.6 is 34.5 Å². The Kier molecular flexibility index (Phi) is 7.62. The number of carboxylic acids is 1. The Morgan fingerprint density at radius 3 is 2.45 bits per heavy atom. The molecule has 1 N–H and O–H groups in total. The molecule has 1 heterocycles. The second kappa shape index (κ2) is 10.1. The number of halogens is 3. The van der Waals surface area contributed by atoms with E-state index in [-0.39, 0.29) is 37.0 Å². The highest BCUT2D eigenvalue weighted by molar-refractivity contribution is 7.91. The molecule has 0 bridgehead atoms. The first kappa shape index (κ1) is 25.0. The Morgan fingerprint density at radius 1 is 1.24 bits per heavy atom. The average molecular weight is 529 g/mol. The van der Waals surface area contributed by atoms with Crippen LogP contribution in [-0.4, -0.2) is 30.8 Å². The summed E-state index contributed by atoms with van der Waals surface area (Å²) in [5, 5.41) is 18.6. The lowest BCUT2D eigenvalue weighted by Gasteiger charge is -2.18. The Morgan fingerprint density at radius 2 is 1.91 bits per heavy atom. The van der Waals surface area contributed by atoms with Crippen molar-refractivity contribution in [3.8, 4) is 11.8 Å². The summed E-state index contributed by atoms with van der Waals surface area (Å²) in [6.07, 6.45) is -1.55. The summed E-state index contributed by atoms with van der Waals surface area (Å²) in [5.74, 6) is -1.96. The van der Waals surface area contributed by atoms with Gasteiger partial charge in [0, 0.05) is 19.2 Å². The molecule has 0 radical (unpaired) electrons. The predicted octanol–water partition coefficient (Wildman–Crippen LogP) is 5.09. The minimum Gasteiger partial charge on any atom is -0.478 e. The van der Waals surface area contributed by atoms with Gasteiger partial charge in [-0.15, -0.1) is 11.3 Å². The fourth-order valence-corrected chi connectivity index (χ4v) is 6.10. The standard InChI is InChI=1S/C21H15Cl2FN2O5S2/c1-26(33(29,30)18-9-17(22)20(23)32-18)11-12-2-4-16(5-3-12)31-19(21(27)28)14-6-13(10-25)7-15(24)8-14/h2-9,19H,11H2,1H3,(H,27,28). The van der Waals surface area contributed by atoms with Crippen LogP contribution in [0.4, 0.5) is 4.39 Å². The predicted molar refractivity (Wildman–Crippen MR) is 122 cm³/mol. The van der Waals surface area contributed by atoms with E-state index < -0.39 is 27.9 Å². The molecule has 0 fully saturated rings. The van der Waals surface area contributed by atoms with Gasteiger partial charge in [0.2, 0.25) is 6.10 Å². The number of hydrogen-bond acceptors (Lipinski definition) is 6. The zero-order valence-electron chi connectivity index (χ0n) is 16.8. The smallest absolute Gasteiger partial charge is 0.349 e. The van der Waals surface area contributed by atoms with Crippen molar-refractivity contribution in [1.29, 1.82) is 5.26 Å². The lowest BCUT2D eigenvalue weighted by atomic mass is 10.1. The number of thiophene rings is 1. The van der Waals surface area contributed by atoms with E-state index in [1.54, 1.807) is 18.2 Å². The quantitative estimate of drug-likeness (QED) is 0.436. The van der Waals surface area contributed by atoms with Crippen LogP contribution in [0.15, 0.2) is 52.7 Å². The molecule has 0 amide bonds. The Balaban J connectivity index is 1.76. The third kappa shape index (κ3) is 5.82. The summed E-state index contributed by atoms with van der Waals surface area (Å²) in [4.78, 5) is 11.7. The number of nitrogens with zero attached hydrogens (tertiary/aromatic N) is 2. The molecule has 12 heteroatoms. The molecule has 2 aromatic carbocycles. The van der Waals surface area contributed by atoms with Crippen molar-refractivity contribution < 1.29 is 27.4 Å². The van der Waals surface area contributed by atoms with Gasteiger partial charge in [-0.05, 0) is 42.0 Å². The summed E-state index contributed by atoms with van der Waals surface area (Å²) < 4.78 is 45.9. The van der Waals surface area contributed by atoms with Crippen molar-refractivity contribution in [2.24, 2.45) is 0 Å². The van der Waals surface area contributed by atoms with Gasteiger partial charge in [0.1, 0.15) is 20.1 Å². The van der Waals surface area contributed by atoms with Crippen LogP contribution in [0.1, 0.15) is 22.8 Å². The molecule has 0 saturated heterocycles. The molecular formula is C21H15Cl2FN2O5S2. The molecule has 3 rings (SSSR count). The number of carbonyl (C=O) groups is 1. The maximum atomic E-state index is 13.7. The lowest BCUT2D eigenvalue weighted by Crippen LogP contribution is -2.25. The molecule has 7 nitrogen and oxygen atoms in total. The number of nitriles is 1. The third-order valence-corrected chi connectivity index (χ3v) is 8.56. The van der Waals surface area contributed by atoms with E-state index in [4.69, 9.17) is 33.2 Å². The van der Waals surface area contributed by atoms with E-state index in [0.29, 0.717) is 5.56 Å². The molecule has 0 saturated carbocycles. The molecule has 0 aliphatic carbocycles. The maximum Gasteiger partial charge on any atom is 0.349 e. The highest BCUT2D eigenvalue weighted by atomic mass is 35.5. The van der Waals surface area contributed by atoms with E-state index >= 15 is 0 Å². The van der Waals surface area contributed by atoms with Crippen LogP contribution in [-0.2, 0) is 21.4 Å². The van der Waals surface area contributed by atoms with Gasteiger partial charge in [0.05, 0.1) is 16.7 Å². The average Bonchev–Trinajstić information content (AvgIpc) is 3.11. The molecule has 0 aliphatic rings. The molecule has 172 valence electrons. The van der Waals surface area contributed by atoms with Gasteiger partial charge in [0.25, 0.3) is 10.0 Å². The summed E-state index contributed by atoms with van der Waals surface area (Å²) in [7, 11) is -2.41. The zero-order valence-corrected chi connectivity index (χ0v) is 20.0. The van der Waals surface area contributed by atoms with Crippen LogP contribution < -0.4 is 4.74 Å². The minimum absolute atomic E-state index is 0.0103. The number of ether oxygens (including phenoxy) is 1. The molecule has 1 aromatic heterocycles. The SMILES string of the molecule is CN(Cc1ccc(OC(C(=O)O)c2cc(F)cc(C#N)c2)cc1)S(=O)(=O)c1cc(Cl)c(Cl)s1. The molecule has 33 heavy (non-hydrogen) atoms. The lowest BCUT2D eigenvalue weighted by molar-refractivity contribution is -0.145. The Hall–Kier alpha value is -2.68. The van der Waals surface area contributed by atoms with E-state index in [1.165, 1.54) is 31.3 Å². The first-order valence-corrected chi connectivity index (χ1v) is 12.1. The number of carboxylic acid groups (broad SMARTS) is 1. The zero-order chi connectivity index (χ0) is 24.3. The van der Waals surface area contributed by atoms with Gasteiger partial charge in [-0.1, -0.05) is 35.3 Å². The van der Waals surface area contributed by atoms with Crippen LogP contribution in [0.2, 0.25) is 9.36 Å². The summed E-state index contributed by atoms with van der Waals surface area (Å²) in [6.45, 7) is 0.0214. The van der Waals surface area contributed by atoms with Gasteiger partial charge in [-0.25, -0.2) is 17.6 Å². The highest BCUT2D eigenvalue weighted by Crippen LogP contribution is 2.35. The Bertz CT molecular complexity index is 1320. The number of benzene rings is 2. The van der Waals surface area contributed by atoms with Crippen molar-refractivity contribution in [2.45, 2.75) is 16.9 Å². The molecular weight excluding hydrogens is 514 g/mol. The second-order valence-corrected chi connectivity index (χ2v) is 11.1. The highest BCUT2D eigenvalue weighted by Gasteiger charge is 2.25. The second-order valence-electron chi connectivity index (χ2n) is 6.81. The van der Waals surface area contributed by atoms with Crippen molar-refractivity contribution in [3.05, 3.63) is 80.4 Å². The molecule has 0 spiro atoms. The summed E-state index contributed by atoms with van der Waals surface area (Å²) >= 11 is 12.6. The number of hydrogen-bond donors (Lipinski definition) is 1. The summed E-state index contributed by atoms with van der Waals surface area (Å²) in [5.41, 5.74) is 0.543. The van der Waals surface area contributed by atoms with Gasteiger partial charge in [-0.3, -0.25) is 0 Å². The molecule has 0 aliphatic heterocycles. The van der Waals surface area contributed by atoms with E-state index in [2.05, 4.69) is 0 Å². The first-order chi connectivity index (χ1) is 15.5. The van der Waals surface area contributed by atoms with Crippen molar-refractivity contribution in [3.63, 3.8) is 0 Å². The van der Waals surface area contributed by atoms with E-state index in [1.807, 2.05) is 0 Å². The van der Waals surface area contributed by atoms with Crippen LogP contribution in [0.25, 0.3) is 0 Å². The van der Waals surface area contributed by atoms with E-state index in [9.17, 15) is 22.7 Å². The molecule has 3 aromatic rings. The number of rotatable bonds is 8. The van der Waals surface area contributed by atoms with E-state index in [0.717, 1.165) is 27.8 Å². The van der Waals surface area contributed by atoms with Gasteiger partial charge in [0.15, 0.2) is 0 Å². The first-order valence-electron chi connectivity index (χ1n) is 9.11.